The Morgan fingerprint density at radius 1 is 1.17 bits per heavy atom. The van der Waals surface area contributed by atoms with Gasteiger partial charge in [0.25, 0.3) is 5.91 Å². The number of carbonyl (C=O) groups excluding carboxylic acids is 1. The van der Waals surface area contributed by atoms with E-state index in [1.165, 1.54) is 34.3 Å². The number of carbonyl (C=O) groups is 1. The quantitative estimate of drug-likeness (QED) is 0.774. The minimum Gasteiger partial charge on any atom is -0.459 e. The monoisotopic (exact) mass is 322 g/mol. The topological polar surface area (TPSA) is 55.1 Å². The number of allylic oxidation sites excluding steroid dienone is 1. The summed E-state index contributed by atoms with van der Waals surface area (Å²) in [6, 6.07) is 11.7. The number of aromatic nitrogens is 1. The number of thiazole rings is 1. The second-order valence-electron chi connectivity index (χ2n) is 5.34. The van der Waals surface area contributed by atoms with Crippen LogP contribution in [0.4, 0.5) is 5.13 Å². The number of aryl methyl sites for hydroxylation is 1. The summed E-state index contributed by atoms with van der Waals surface area (Å²) in [5.41, 5.74) is 4.76. The highest BCUT2D eigenvalue weighted by Crippen LogP contribution is 2.31. The Hall–Kier alpha value is -2.66. The van der Waals surface area contributed by atoms with Gasteiger partial charge in [-0.25, -0.2) is 4.98 Å². The van der Waals surface area contributed by atoms with Gasteiger partial charge in [0.15, 0.2) is 10.9 Å². The van der Waals surface area contributed by atoms with Gasteiger partial charge < -0.3 is 4.42 Å². The molecule has 2 aromatic heterocycles. The van der Waals surface area contributed by atoms with Gasteiger partial charge >= 0.3 is 0 Å². The minimum atomic E-state index is -0.279. The Kier molecular flexibility index (Phi) is 3.55. The van der Waals surface area contributed by atoms with Crippen LogP contribution < -0.4 is 5.32 Å². The SMILES string of the molecule is O=C(Nc1nc(C2=Cc3ccccc3CC2)cs1)c1ccco1. The van der Waals surface area contributed by atoms with Crippen molar-refractivity contribution in [3.8, 4) is 0 Å². The Morgan fingerprint density at radius 2 is 2.09 bits per heavy atom. The molecule has 4 nitrogen and oxygen atoms in total. The first-order chi connectivity index (χ1) is 11.3. The van der Waals surface area contributed by atoms with Crippen molar-refractivity contribution in [1.82, 2.24) is 4.98 Å². The summed E-state index contributed by atoms with van der Waals surface area (Å²) < 4.78 is 5.08. The molecule has 0 atom stereocenters. The number of nitrogens with zero attached hydrogens (tertiary/aromatic N) is 1. The molecule has 1 aromatic carbocycles. The van der Waals surface area contributed by atoms with Crippen molar-refractivity contribution in [3.63, 3.8) is 0 Å². The molecule has 5 heteroatoms. The van der Waals surface area contributed by atoms with E-state index < -0.39 is 0 Å². The van der Waals surface area contributed by atoms with Gasteiger partial charge in [0.05, 0.1) is 12.0 Å². The molecule has 1 aliphatic carbocycles. The van der Waals surface area contributed by atoms with Crippen molar-refractivity contribution in [2.45, 2.75) is 12.8 Å². The highest BCUT2D eigenvalue weighted by molar-refractivity contribution is 7.14. The standard InChI is InChI=1S/C18H14N2O2S/c21-17(16-6-3-9-22-16)20-18-19-15(11-23-18)14-8-7-12-4-1-2-5-13(12)10-14/h1-6,9-11H,7-8H2,(H,19,20,21). The normalized spacial score (nSPS) is 13.3. The summed E-state index contributed by atoms with van der Waals surface area (Å²) in [6.07, 6.45) is 5.65. The molecule has 0 spiro atoms. The number of amides is 1. The van der Waals surface area contributed by atoms with Crippen LogP contribution in [-0.4, -0.2) is 10.9 Å². The van der Waals surface area contributed by atoms with Gasteiger partial charge in [-0.15, -0.1) is 11.3 Å². The van der Waals surface area contributed by atoms with Crippen molar-refractivity contribution >= 4 is 34.0 Å². The maximum absolute atomic E-state index is 12.0. The van der Waals surface area contributed by atoms with Crippen molar-refractivity contribution in [2.24, 2.45) is 0 Å². The first-order valence-corrected chi connectivity index (χ1v) is 8.27. The number of furan rings is 1. The molecule has 3 aromatic rings. The lowest BCUT2D eigenvalue weighted by Gasteiger charge is -2.14. The predicted molar refractivity (Wildman–Crippen MR) is 91.4 cm³/mol. The maximum Gasteiger partial charge on any atom is 0.293 e. The number of hydrogen-bond acceptors (Lipinski definition) is 4. The van der Waals surface area contributed by atoms with E-state index in [4.69, 9.17) is 4.42 Å². The molecular formula is C18H14N2O2S. The molecule has 4 rings (SSSR count). The molecule has 0 unspecified atom stereocenters. The van der Waals surface area contributed by atoms with E-state index in [1.54, 1.807) is 12.1 Å². The van der Waals surface area contributed by atoms with Gasteiger partial charge in [-0.1, -0.05) is 24.3 Å². The molecule has 0 saturated carbocycles. The van der Waals surface area contributed by atoms with E-state index in [0.717, 1.165) is 18.5 Å². The van der Waals surface area contributed by atoms with Crippen LogP contribution in [0.1, 0.15) is 33.8 Å². The fraction of sp³-hybridized carbons (Fsp3) is 0.111. The summed E-state index contributed by atoms with van der Waals surface area (Å²) >= 11 is 1.42. The van der Waals surface area contributed by atoms with Gasteiger partial charge in [-0.2, -0.15) is 0 Å². The second kappa shape index (κ2) is 5.85. The van der Waals surface area contributed by atoms with Gasteiger partial charge in [-0.3, -0.25) is 10.1 Å². The average Bonchev–Trinajstić information content (AvgIpc) is 3.26. The molecular weight excluding hydrogens is 308 g/mol. The van der Waals surface area contributed by atoms with Crippen molar-refractivity contribution in [1.29, 1.82) is 0 Å². The van der Waals surface area contributed by atoms with Crippen molar-refractivity contribution < 1.29 is 9.21 Å². The Balaban J connectivity index is 1.55. The number of anilines is 1. The Bertz CT molecular complexity index is 878. The van der Waals surface area contributed by atoms with E-state index in [9.17, 15) is 4.79 Å². The van der Waals surface area contributed by atoms with Crippen molar-refractivity contribution in [2.75, 3.05) is 5.32 Å². The predicted octanol–water partition coefficient (Wildman–Crippen LogP) is 4.48. The van der Waals surface area contributed by atoms with Crippen LogP contribution in [0.25, 0.3) is 11.6 Å². The van der Waals surface area contributed by atoms with Gasteiger partial charge in [0.1, 0.15) is 0 Å². The van der Waals surface area contributed by atoms with Crippen LogP contribution >= 0.6 is 11.3 Å². The van der Waals surface area contributed by atoms with Crippen molar-refractivity contribution in [3.05, 3.63) is 70.6 Å². The van der Waals surface area contributed by atoms with E-state index in [0.29, 0.717) is 5.13 Å². The second-order valence-corrected chi connectivity index (χ2v) is 6.20. The van der Waals surface area contributed by atoms with E-state index >= 15 is 0 Å². The summed E-state index contributed by atoms with van der Waals surface area (Å²) in [4.78, 5) is 16.5. The molecule has 0 bridgehead atoms. The molecule has 2 heterocycles. The lowest BCUT2D eigenvalue weighted by atomic mass is 9.91. The zero-order chi connectivity index (χ0) is 15.6. The first-order valence-electron chi connectivity index (χ1n) is 7.39. The molecule has 0 aliphatic heterocycles. The van der Waals surface area contributed by atoms with Crippen LogP contribution in [0.5, 0.6) is 0 Å². The van der Waals surface area contributed by atoms with Crippen LogP contribution in [0, 0.1) is 0 Å². The van der Waals surface area contributed by atoms with Gasteiger partial charge in [-0.05, 0) is 47.8 Å². The van der Waals surface area contributed by atoms with Gasteiger partial charge in [0, 0.05) is 5.38 Å². The third-order valence-electron chi connectivity index (χ3n) is 3.85. The van der Waals surface area contributed by atoms with Crippen LogP contribution in [0.3, 0.4) is 0 Å². The lowest BCUT2D eigenvalue weighted by molar-refractivity contribution is 0.0996. The minimum absolute atomic E-state index is 0.279. The highest BCUT2D eigenvalue weighted by Gasteiger charge is 2.15. The largest absolute Gasteiger partial charge is 0.459 e. The molecule has 1 N–H and O–H groups in total. The number of benzene rings is 1. The van der Waals surface area contributed by atoms with Crippen LogP contribution in [-0.2, 0) is 6.42 Å². The number of nitrogens with one attached hydrogen (secondary N) is 1. The molecule has 1 amide bonds. The Morgan fingerprint density at radius 3 is 2.96 bits per heavy atom. The lowest BCUT2D eigenvalue weighted by Crippen LogP contribution is -2.10. The summed E-state index contributed by atoms with van der Waals surface area (Å²) in [5, 5.41) is 5.34. The fourth-order valence-corrected chi connectivity index (χ4v) is 3.41. The maximum atomic E-state index is 12.0. The highest BCUT2D eigenvalue weighted by atomic mass is 32.1. The molecule has 1 aliphatic rings. The molecule has 23 heavy (non-hydrogen) atoms. The third kappa shape index (κ3) is 2.83. The van der Waals surface area contributed by atoms with Crippen LogP contribution in [0.2, 0.25) is 0 Å². The average molecular weight is 322 g/mol. The number of fused-ring (bicyclic) bond motifs is 1. The fourth-order valence-electron chi connectivity index (χ4n) is 2.68. The zero-order valence-electron chi connectivity index (χ0n) is 12.3. The summed E-state index contributed by atoms with van der Waals surface area (Å²) in [7, 11) is 0. The van der Waals surface area contributed by atoms with E-state index in [2.05, 4.69) is 34.6 Å². The zero-order valence-corrected chi connectivity index (χ0v) is 13.1. The molecule has 114 valence electrons. The molecule has 0 fully saturated rings. The smallest absolute Gasteiger partial charge is 0.293 e. The first kappa shape index (κ1) is 14.0. The van der Waals surface area contributed by atoms with Gasteiger partial charge in [0.2, 0.25) is 0 Å². The van der Waals surface area contributed by atoms with E-state index in [-0.39, 0.29) is 11.7 Å². The Labute approximate surface area is 137 Å². The number of hydrogen-bond donors (Lipinski definition) is 1. The summed E-state index contributed by atoms with van der Waals surface area (Å²) in [6.45, 7) is 0. The number of rotatable bonds is 3. The van der Waals surface area contributed by atoms with Crippen LogP contribution in [0.15, 0.2) is 52.5 Å². The van der Waals surface area contributed by atoms with E-state index in [1.807, 2.05) is 11.4 Å². The molecule has 0 radical (unpaired) electrons. The third-order valence-corrected chi connectivity index (χ3v) is 4.60. The summed E-state index contributed by atoms with van der Waals surface area (Å²) in [5.74, 6) is 0.00595. The molecule has 0 saturated heterocycles.